The van der Waals surface area contributed by atoms with Crippen molar-refractivity contribution in [3.8, 4) is 6.07 Å². The first-order valence-electron chi connectivity index (χ1n) is 9.41. The molecule has 0 atom stereocenters. The van der Waals surface area contributed by atoms with Gasteiger partial charge in [-0.25, -0.2) is 13.4 Å². The molecule has 1 aromatic heterocycles. The van der Waals surface area contributed by atoms with Gasteiger partial charge in [0.15, 0.2) is 15.0 Å². The van der Waals surface area contributed by atoms with Crippen molar-refractivity contribution in [1.82, 2.24) is 4.98 Å². The number of aromatic nitrogens is 1. The number of anilines is 1. The lowest BCUT2D eigenvalue weighted by Crippen LogP contribution is -2.24. The third kappa shape index (κ3) is 6.79. The molecule has 0 bridgehead atoms. The lowest BCUT2D eigenvalue weighted by Gasteiger charge is -2.05. The Bertz CT molecular complexity index is 1130. The average Bonchev–Trinajstić information content (AvgIpc) is 3.15. The minimum Gasteiger partial charge on any atom is -0.301 e. The Labute approximate surface area is 180 Å². The topological polar surface area (TPSA) is 99.9 Å². The summed E-state index contributed by atoms with van der Waals surface area (Å²) >= 11 is 1.30. The van der Waals surface area contributed by atoms with Gasteiger partial charge in [-0.3, -0.25) is 4.79 Å². The number of amides is 1. The van der Waals surface area contributed by atoms with E-state index in [0.29, 0.717) is 30.0 Å². The predicted octanol–water partition coefficient (Wildman–Crippen LogP) is 3.59. The molecule has 6 nitrogen and oxygen atoms in total. The largest absolute Gasteiger partial charge is 0.301 e. The first-order valence-corrected chi connectivity index (χ1v) is 12.1. The number of rotatable bonds is 9. The molecule has 3 aromatic rings. The number of nitrogens with zero attached hydrogens (tertiary/aromatic N) is 2. The van der Waals surface area contributed by atoms with Crippen molar-refractivity contribution in [3.63, 3.8) is 0 Å². The Morgan fingerprint density at radius 2 is 1.80 bits per heavy atom. The van der Waals surface area contributed by atoms with E-state index in [-0.39, 0.29) is 5.75 Å². The third-order valence-electron chi connectivity index (χ3n) is 4.38. The lowest BCUT2D eigenvalue weighted by atomic mass is 10.1. The van der Waals surface area contributed by atoms with Crippen LogP contribution in [0.5, 0.6) is 0 Å². The van der Waals surface area contributed by atoms with Crippen molar-refractivity contribution >= 4 is 32.2 Å². The summed E-state index contributed by atoms with van der Waals surface area (Å²) in [5.74, 6) is -1.15. The predicted molar refractivity (Wildman–Crippen MR) is 118 cm³/mol. The van der Waals surface area contributed by atoms with Gasteiger partial charge >= 0.3 is 0 Å². The quantitative estimate of drug-likeness (QED) is 0.549. The van der Waals surface area contributed by atoms with Gasteiger partial charge in [-0.05, 0) is 36.1 Å². The van der Waals surface area contributed by atoms with Crippen LogP contribution in [0.1, 0.15) is 28.0 Å². The summed E-state index contributed by atoms with van der Waals surface area (Å²) in [4.78, 5) is 17.2. The fourth-order valence-electron chi connectivity index (χ4n) is 2.91. The van der Waals surface area contributed by atoms with E-state index in [2.05, 4.69) is 16.4 Å². The number of carbonyl (C=O) groups excluding carboxylic acids is 1. The van der Waals surface area contributed by atoms with E-state index < -0.39 is 21.5 Å². The molecule has 0 unspecified atom stereocenters. The van der Waals surface area contributed by atoms with Crippen LogP contribution in [0.25, 0.3) is 0 Å². The van der Waals surface area contributed by atoms with Crippen molar-refractivity contribution < 1.29 is 13.2 Å². The highest BCUT2D eigenvalue weighted by Gasteiger charge is 2.17. The second kappa shape index (κ2) is 10.1. The average molecular weight is 440 g/mol. The molecule has 0 saturated carbocycles. The maximum atomic E-state index is 12.2. The maximum Gasteiger partial charge on any atom is 0.241 e. The van der Waals surface area contributed by atoms with Crippen LogP contribution >= 0.6 is 11.3 Å². The highest BCUT2D eigenvalue weighted by Crippen LogP contribution is 2.21. The second-order valence-corrected chi connectivity index (χ2v) is 10.1. The molecule has 0 aliphatic heterocycles. The summed E-state index contributed by atoms with van der Waals surface area (Å²) in [5.41, 5.74) is 2.70. The number of nitrogens with one attached hydrogen (secondary N) is 1. The Balaban J connectivity index is 1.47. The SMILES string of the molecule is N#Cc1ccc(Cc2cnc(NC(=O)CS(=O)(=O)CCCc3ccccc3)s2)cc1. The molecule has 0 saturated heterocycles. The fourth-order valence-corrected chi connectivity index (χ4v) is 4.98. The van der Waals surface area contributed by atoms with Gasteiger partial charge in [0, 0.05) is 17.5 Å². The molecule has 0 spiro atoms. The lowest BCUT2D eigenvalue weighted by molar-refractivity contribution is -0.113. The van der Waals surface area contributed by atoms with Crippen molar-refractivity contribution in [3.05, 3.63) is 82.4 Å². The van der Waals surface area contributed by atoms with Crippen molar-refractivity contribution in [1.29, 1.82) is 5.26 Å². The van der Waals surface area contributed by atoms with E-state index in [4.69, 9.17) is 5.26 Å². The van der Waals surface area contributed by atoms with E-state index in [9.17, 15) is 13.2 Å². The van der Waals surface area contributed by atoms with Crippen LogP contribution in [0.15, 0.2) is 60.8 Å². The molecule has 8 heteroatoms. The Morgan fingerprint density at radius 3 is 2.50 bits per heavy atom. The third-order valence-corrected chi connectivity index (χ3v) is 6.90. The molecule has 2 aromatic carbocycles. The van der Waals surface area contributed by atoms with Gasteiger partial charge < -0.3 is 5.32 Å². The summed E-state index contributed by atoms with van der Waals surface area (Å²) in [5, 5.41) is 11.8. The molecule has 1 N–H and O–H groups in total. The number of thiazole rings is 1. The van der Waals surface area contributed by atoms with Gasteiger partial charge in [0.2, 0.25) is 5.91 Å². The molecule has 1 amide bonds. The molecule has 0 aliphatic rings. The highest BCUT2D eigenvalue weighted by atomic mass is 32.2. The van der Waals surface area contributed by atoms with Gasteiger partial charge in [0.05, 0.1) is 17.4 Å². The second-order valence-electron chi connectivity index (χ2n) is 6.85. The molecule has 0 aliphatic carbocycles. The van der Waals surface area contributed by atoms with E-state index >= 15 is 0 Å². The standard InChI is InChI=1S/C22H21N3O3S2/c23-14-19-10-8-18(9-11-19)13-20-15-24-22(29-20)25-21(26)16-30(27,28)12-4-7-17-5-2-1-3-6-17/h1-3,5-6,8-11,15H,4,7,12-13,16H2,(H,24,25,26). The monoisotopic (exact) mass is 439 g/mol. The number of hydrogen-bond donors (Lipinski definition) is 1. The van der Waals surface area contributed by atoms with Crippen molar-refractivity contribution in [2.24, 2.45) is 0 Å². The van der Waals surface area contributed by atoms with E-state index in [1.165, 1.54) is 11.3 Å². The van der Waals surface area contributed by atoms with E-state index in [0.717, 1.165) is 16.0 Å². The molecule has 0 radical (unpaired) electrons. The normalized spacial score (nSPS) is 11.0. The zero-order valence-electron chi connectivity index (χ0n) is 16.2. The number of benzene rings is 2. The molecule has 154 valence electrons. The number of carbonyl (C=O) groups is 1. The minimum atomic E-state index is -3.48. The number of sulfone groups is 1. The van der Waals surface area contributed by atoms with Gasteiger partial charge in [-0.1, -0.05) is 42.5 Å². The number of hydrogen-bond acceptors (Lipinski definition) is 6. The van der Waals surface area contributed by atoms with E-state index in [1.807, 2.05) is 42.5 Å². The van der Waals surface area contributed by atoms with Crippen LogP contribution in [0.4, 0.5) is 5.13 Å². The zero-order valence-corrected chi connectivity index (χ0v) is 17.9. The van der Waals surface area contributed by atoms with Crippen molar-refractivity contribution in [2.75, 3.05) is 16.8 Å². The number of nitriles is 1. The zero-order chi connectivity index (χ0) is 21.4. The summed E-state index contributed by atoms with van der Waals surface area (Å²) in [6.45, 7) is 0. The van der Waals surface area contributed by atoms with Crippen LogP contribution in [-0.4, -0.2) is 30.8 Å². The Hall–Kier alpha value is -3.02. The van der Waals surface area contributed by atoms with Gasteiger partial charge in [0.25, 0.3) is 0 Å². The minimum absolute atomic E-state index is 0.0306. The number of aryl methyl sites for hydroxylation is 1. The molecular weight excluding hydrogens is 418 g/mol. The summed E-state index contributed by atoms with van der Waals surface area (Å²) in [7, 11) is -3.48. The molecule has 3 rings (SSSR count). The van der Waals surface area contributed by atoms with Gasteiger partial charge in [0.1, 0.15) is 5.75 Å². The van der Waals surface area contributed by atoms with Crippen LogP contribution in [0.2, 0.25) is 0 Å². The van der Waals surface area contributed by atoms with E-state index in [1.54, 1.807) is 18.3 Å². The Morgan fingerprint density at radius 1 is 1.07 bits per heavy atom. The first kappa shape index (κ1) is 21.7. The van der Waals surface area contributed by atoms with Crippen LogP contribution in [0, 0.1) is 11.3 Å². The van der Waals surface area contributed by atoms with Crippen molar-refractivity contribution in [2.45, 2.75) is 19.3 Å². The van der Waals surface area contributed by atoms with Crippen LogP contribution in [0.3, 0.4) is 0 Å². The maximum absolute atomic E-state index is 12.2. The summed E-state index contributed by atoms with van der Waals surface area (Å²) in [6, 6.07) is 19.0. The molecule has 1 heterocycles. The van der Waals surface area contributed by atoms with Gasteiger partial charge in [-0.15, -0.1) is 11.3 Å². The fraction of sp³-hybridized carbons (Fsp3) is 0.227. The smallest absolute Gasteiger partial charge is 0.241 e. The molecular formula is C22H21N3O3S2. The summed E-state index contributed by atoms with van der Waals surface area (Å²) < 4.78 is 24.4. The van der Waals surface area contributed by atoms with Crippen LogP contribution < -0.4 is 5.32 Å². The van der Waals surface area contributed by atoms with Crippen LogP contribution in [-0.2, 0) is 27.5 Å². The summed E-state index contributed by atoms with van der Waals surface area (Å²) in [6.07, 6.45) is 3.42. The molecule has 30 heavy (non-hydrogen) atoms. The Kier molecular flexibility index (Phi) is 7.33. The first-order chi connectivity index (χ1) is 14.4. The van der Waals surface area contributed by atoms with Gasteiger partial charge in [-0.2, -0.15) is 5.26 Å². The molecule has 0 fully saturated rings. The highest BCUT2D eigenvalue weighted by molar-refractivity contribution is 7.92.